The molecule has 0 bridgehead atoms. The number of rotatable bonds is 2. The number of aromatic nitrogens is 2. The molecule has 1 heterocycles. The van der Waals surface area contributed by atoms with Crippen LogP contribution in [0.5, 0.6) is 0 Å². The molecule has 0 fully saturated rings. The summed E-state index contributed by atoms with van der Waals surface area (Å²) in [4.78, 5) is 18.4. The minimum absolute atomic E-state index is 0.0574. The van der Waals surface area contributed by atoms with E-state index in [4.69, 9.17) is 5.14 Å². The Hall–Kier alpha value is -2.65. The van der Waals surface area contributed by atoms with Crippen molar-refractivity contribution in [2.45, 2.75) is 4.90 Å². The molecule has 1 aromatic heterocycles. The highest BCUT2D eigenvalue weighted by Gasteiger charge is 2.23. The van der Waals surface area contributed by atoms with Gasteiger partial charge in [0.1, 0.15) is 0 Å². The SMILES string of the molecule is NS(=O)(=O)c1cccc2c1c([N+](=O)[O-])cc1nccnc12. The third kappa shape index (κ3) is 2.08. The van der Waals surface area contributed by atoms with E-state index >= 15 is 0 Å². The van der Waals surface area contributed by atoms with Crippen molar-refractivity contribution >= 4 is 37.5 Å². The third-order valence-electron chi connectivity index (χ3n) is 3.04. The number of nitro benzene ring substituents is 1. The molecule has 0 radical (unpaired) electrons. The molecule has 0 saturated carbocycles. The molecule has 9 heteroatoms. The molecule has 0 aliphatic carbocycles. The van der Waals surface area contributed by atoms with E-state index in [1.54, 1.807) is 6.07 Å². The summed E-state index contributed by atoms with van der Waals surface area (Å²) in [5.74, 6) is 0. The number of benzene rings is 2. The van der Waals surface area contributed by atoms with E-state index in [1.807, 2.05) is 0 Å². The number of fused-ring (bicyclic) bond motifs is 3. The summed E-state index contributed by atoms with van der Waals surface area (Å²) in [6.45, 7) is 0. The second-order valence-electron chi connectivity index (χ2n) is 4.30. The molecule has 8 nitrogen and oxygen atoms in total. The topological polar surface area (TPSA) is 129 Å². The molecule has 3 rings (SSSR count). The average Bonchev–Trinajstić information content (AvgIpc) is 2.44. The van der Waals surface area contributed by atoms with Crippen molar-refractivity contribution in [3.05, 3.63) is 46.8 Å². The van der Waals surface area contributed by atoms with Crippen molar-refractivity contribution < 1.29 is 13.3 Å². The first-order valence-corrected chi connectivity index (χ1v) is 7.28. The summed E-state index contributed by atoms with van der Waals surface area (Å²) >= 11 is 0. The average molecular weight is 304 g/mol. The van der Waals surface area contributed by atoms with Crippen LogP contribution < -0.4 is 5.14 Å². The number of nitrogens with zero attached hydrogens (tertiary/aromatic N) is 3. The summed E-state index contributed by atoms with van der Waals surface area (Å²) in [5, 5.41) is 16.7. The molecule has 0 spiro atoms. The minimum atomic E-state index is -4.11. The maximum absolute atomic E-state index is 11.7. The Labute approximate surface area is 118 Å². The van der Waals surface area contributed by atoms with E-state index in [1.165, 1.54) is 30.6 Å². The number of primary sulfonamides is 1. The molecule has 3 aromatic rings. The predicted octanol–water partition coefficient (Wildman–Crippen LogP) is 1.34. The first-order valence-electron chi connectivity index (χ1n) is 5.73. The van der Waals surface area contributed by atoms with Crippen LogP contribution in [0.2, 0.25) is 0 Å². The van der Waals surface area contributed by atoms with Crippen LogP contribution in [0, 0.1) is 10.1 Å². The van der Waals surface area contributed by atoms with Gasteiger partial charge in [-0.2, -0.15) is 0 Å². The third-order valence-corrected chi connectivity index (χ3v) is 3.99. The van der Waals surface area contributed by atoms with E-state index in [2.05, 4.69) is 9.97 Å². The molecule has 0 aliphatic heterocycles. The van der Waals surface area contributed by atoms with Gasteiger partial charge in [-0.1, -0.05) is 12.1 Å². The molecule has 0 aliphatic rings. The summed E-state index contributed by atoms with van der Waals surface area (Å²) in [7, 11) is -4.11. The van der Waals surface area contributed by atoms with Gasteiger partial charge in [0.05, 0.1) is 26.2 Å². The van der Waals surface area contributed by atoms with Gasteiger partial charge in [-0.15, -0.1) is 0 Å². The molecule has 0 unspecified atom stereocenters. The lowest BCUT2D eigenvalue weighted by molar-refractivity contribution is -0.383. The highest BCUT2D eigenvalue weighted by molar-refractivity contribution is 7.89. The monoisotopic (exact) mass is 304 g/mol. The van der Waals surface area contributed by atoms with Gasteiger partial charge in [-0.05, 0) is 6.07 Å². The molecule has 0 saturated heterocycles. The van der Waals surface area contributed by atoms with E-state index in [0.717, 1.165) is 0 Å². The standard InChI is InChI=1S/C12H8N4O4S/c13-21(19,20)10-3-1-2-7-11(10)9(16(17)18)6-8-12(7)15-5-4-14-8/h1-6H,(H2,13,19,20). The maximum Gasteiger partial charge on any atom is 0.280 e. The van der Waals surface area contributed by atoms with Crippen LogP contribution in [0.4, 0.5) is 5.69 Å². The number of hydrogen-bond acceptors (Lipinski definition) is 6. The summed E-state index contributed by atoms with van der Waals surface area (Å²) in [6, 6.07) is 5.43. The Morgan fingerprint density at radius 2 is 1.90 bits per heavy atom. The Bertz CT molecular complexity index is 1000. The second kappa shape index (κ2) is 4.43. The van der Waals surface area contributed by atoms with Crippen LogP contribution >= 0.6 is 0 Å². The van der Waals surface area contributed by atoms with Gasteiger partial charge in [-0.25, -0.2) is 13.6 Å². The Morgan fingerprint density at radius 1 is 1.19 bits per heavy atom. The van der Waals surface area contributed by atoms with Crippen LogP contribution in [-0.2, 0) is 10.0 Å². The van der Waals surface area contributed by atoms with Crippen LogP contribution in [0.3, 0.4) is 0 Å². The number of hydrogen-bond donors (Lipinski definition) is 1. The van der Waals surface area contributed by atoms with E-state index in [0.29, 0.717) is 16.4 Å². The molecule has 0 amide bonds. The van der Waals surface area contributed by atoms with Gasteiger partial charge < -0.3 is 0 Å². The van der Waals surface area contributed by atoms with Crippen molar-refractivity contribution in [2.24, 2.45) is 5.14 Å². The zero-order valence-electron chi connectivity index (χ0n) is 10.4. The molecule has 2 aromatic carbocycles. The number of nitro groups is 1. The number of sulfonamides is 1. The minimum Gasteiger partial charge on any atom is -0.258 e. The quantitative estimate of drug-likeness (QED) is 0.432. The fourth-order valence-corrected chi connectivity index (χ4v) is 3.00. The molecule has 21 heavy (non-hydrogen) atoms. The Balaban J connectivity index is 2.66. The molecule has 106 valence electrons. The van der Waals surface area contributed by atoms with Crippen molar-refractivity contribution in [3.8, 4) is 0 Å². The van der Waals surface area contributed by atoms with Gasteiger partial charge in [0, 0.05) is 23.8 Å². The van der Waals surface area contributed by atoms with Crippen LogP contribution in [0.15, 0.2) is 41.6 Å². The van der Waals surface area contributed by atoms with Crippen LogP contribution in [0.1, 0.15) is 0 Å². The number of non-ortho nitro benzene ring substituents is 1. The fraction of sp³-hybridized carbons (Fsp3) is 0. The zero-order chi connectivity index (χ0) is 15.2. The Kier molecular flexibility index (Phi) is 2.81. The smallest absolute Gasteiger partial charge is 0.258 e. The molecular formula is C12H8N4O4S. The lowest BCUT2D eigenvalue weighted by Gasteiger charge is -2.07. The predicted molar refractivity (Wildman–Crippen MR) is 75.1 cm³/mol. The van der Waals surface area contributed by atoms with Crippen molar-refractivity contribution in [1.82, 2.24) is 9.97 Å². The van der Waals surface area contributed by atoms with Gasteiger partial charge in [0.2, 0.25) is 10.0 Å². The van der Waals surface area contributed by atoms with Crippen molar-refractivity contribution in [2.75, 3.05) is 0 Å². The largest absolute Gasteiger partial charge is 0.280 e. The second-order valence-corrected chi connectivity index (χ2v) is 5.83. The summed E-state index contributed by atoms with van der Waals surface area (Å²) < 4.78 is 23.4. The van der Waals surface area contributed by atoms with Crippen LogP contribution in [-0.4, -0.2) is 23.3 Å². The van der Waals surface area contributed by atoms with Gasteiger partial charge >= 0.3 is 0 Å². The number of nitrogens with two attached hydrogens (primary N) is 1. The van der Waals surface area contributed by atoms with E-state index < -0.39 is 14.9 Å². The zero-order valence-corrected chi connectivity index (χ0v) is 11.2. The van der Waals surface area contributed by atoms with Crippen molar-refractivity contribution in [3.63, 3.8) is 0 Å². The Morgan fingerprint density at radius 3 is 2.57 bits per heavy atom. The first kappa shape index (κ1) is 13.3. The lowest BCUT2D eigenvalue weighted by Crippen LogP contribution is -2.13. The highest BCUT2D eigenvalue weighted by atomic mass is 32.2. The first-order chi connectivity index (χ1) is 9.89. The van der Waals surface area contributed by atoms with E-state index in [-0.39, 0.29) is 16.0 Å². The summed E-state index contributed by atoms with van der Waals surface area (Å²) in [5.41, 5.74) is 0.314. The molecular weight excluding hydrogens is 296 g/mol. The lowest BCUT2D eigenvalue weighted by atomic mass is 10.1. The van der Waals surface area contributed by atoms with Crippen LogP contribution in [0.25, 0.3) is 21.8 Å². The van der Waals surface area contributed by atoms with Crippen molar-refractivity contribution in [1.29, 1.82) is 0 Å². The fourth-order valence-electron chi connectivity index (χ4n) is 2.24. The van der Waals surface area contributed by atoms with Gasteiger partial charge in [0.15, 0.2) is 0 Å². The molecule has 0 atom stereocenters. The highest BCUT2D eigenvalue weighted by Crippen LogP contribution is 2.35. The maximum atomic E-state index is 11.7. The van der Waals surface area contributed by atoms with E-state index in [9.17, 15) is 18.5 Å². The van der Waals surface area contributed by atoms with Gasteiger partial charge in [0.25, 0.3) is 5.69 Å². The van der Waals surface area contributed by atoms with Gasteiger partial charge in [-0.3, -0.25) is 20.1 Å². The summed E-state index contributed by atoms with van der Waals surface area (Å²) in [6.07, 6.45) is 2.83. The molecule has 2 N–H and O–H groups in total. The normalized spacial score (nSPS) is 11.9.